The SMILES string of the molecule is CN(C)CC(C)(C)CNC(=O)C1CCN(C(=O)CCc2nc(-c3ccc(F)cc3)no2)CC1. The molecule has 9 heteroatoms. The fraction of sp³-hybridized carbons (Fsp3) is 0.583. The first-order valence-corrected chi connectivity index (χ1v) is 11.4. The summed E-state index contributed by atoms with van der Waals surface area (Å²) in [5.74, 6) is 0.451. The standard InChI is InChI=1S/C24H34FN5O3/c1-24(2,16-29(3)4)15-26-23(32)18-11-13-30(14-12-18)21(31)10-9-20-27-22(28-33-20)17-5-7-19(25)8-6-17/h5-8,18H,9-16H2,1-4H3,(H,26,32). The van der Waals surface area contributed by atoms with Crippen LogP contribution in [0.5, 0.6) is 0 Å². The van der Waals surface area contributed by atoms with Gasteiger partial charge in [-0.3, -0.25) is 9.59 Å². The third-order valence-electron chi connectivity index (χ3n) is 5.83. The van der Waals surface area contributed by atoms with Crippen molar-refractivity contribution in [1.82, 2.24) is 25.3 Å². The van der Waals surface area contributed by atoms with Gasteiger partial charge in [0.15, 0.2) is 0 Å². The van der Waals surface area contributed by atoms with Gasteiger partial charge in [-0.05, 0) is 56.6 Å². The van der Waals surface area contributed by atoms with Crippen LogP contribution in [0, 0.1) is 17.2 Å². The number of benzene rings is 1. The Bertz CT molecular complexity index is 934. The van der Waals surface area contributed by atoms with Crippen LogP contribution < -0.4 is 5.32 Å². The summed E-state index contributed by atoms with van der Waals surface area (Å²) in [7, 11) is 4.05. The summed E-state index contributed by atoms with van der Waals surface area (Å²) in [6.45, 7) is 6.95. The third-order valence-corrected chi connectivity index (χ3v) is 5.83. The van der Waals surface area contributed by atoms with Crippen LogP contribution in [0.4, 0.5) is 4.39 Å². The van der Waals surface area contributed by atoms with E-state index in [1.165, 1.54) is 12.1 Å². The molecule has 1 fully saturated rings. The van der Waals surface area contributed by atoms with Crippen LogP contribution in [0.1, 0.15) is 39.0 Å². The number of rotatable bonds is 9. The van der Waals surface area contributed by atoms with E-state index in [-0.39, 0.29) is 35.4 Å². The lowest BCUT2D eigenvalue weighted by Crippen LogP contribution is -2.46. The summed E-state index contributed by atoms with van der Waals surface area (Å²) in [6.07, 6.45) is 1.94. The maximum Gasteiger partial charge on any atom is 0.227 e. The van der Waals surface area contributed by atoms with E-state index in [9.17, 15) is 14.0 Å². The van der Waals surface area contributed by atoms with E-state index in [0.29, 0.717) is 56.2 Å². The van der Waals surface area contributed by atoms with Gasteiger partial charge in [0.1, 0.15) is 5.82 Å². The van der Waals surface area contributed by atoms with Gasteiger partial charge in [0, 0.05) is 50.5 Å². The number of hydrogen-bond acceptors (Lipinski definition) is 6. The monoisotopic (exact) mass is 459 g/mol. The first-order valence-electron chi connectivity index (χ1n) is 11.4. The molecule has 2 heterocycles. The molecule has 1 saturated heterocycles. The Kier molecular flexibility index (Phi) is 8.18. The molecule has 1 aliphatic heterocycles. The Morgan fingerprint density at radius 2 is 1.88 bits per heavy atom. The van der Waals surface area contributed by atoms with Crippen molar-refractivity contribution in [3.63, 3.8) is 0 Å². The average molecular weight is 460 g/mol. The van der Waals surface area contributed by atoms with Crippen LogP contribution in [-0.2, 0) is 16.0 Å². The fourth-order valence-electron chi connectivity index (χ4n) is 4.22. The lowest BCUT2D eigenvalue weighted by Gasteiger charge is -2.33. The molecule has 0 atom stereocenters. The Hall–Kier alpha value is -2.81. The van der Waals surface area contributed by atoms with Crippen molar-refractivity contribution in [2.24, 2.45) is 11.3 Å². The predicted octanol–water partition coefficient (Wildman–Crippen LogP) is 2.75. The number of carbonyl (C=O) groups is 2. The van der Waals surface area contributed by atoms with Crippen molar-refractivity contribution < 1.29 is 18.5 Å². The molecule has 0 spiro atoms. The van der Waals surface area contributed by atoms with Gasteiger partial charge in [-0.25, -0.2) is 4.39 Å². The van der Waals surface area contributed by atoms with Gasteiger partial charge in [0.05, 0.1) is 0 Å². The van der Waals surface area contributed by atoms with Crippen molar-refractivity contribution in [1.29, 1.82) is 0 Å². The second kappa shape index (κ2) is 10.9. The van der Waals surface area contributed by atoms with E-state index in [0.717, 1.165) is 6.54 Å². The molecule has 0 bridgehead atoms. The first kappa shape index (κ1) is 24.8. The Morgan fingerprint density at radius 1 is 1.21 bits per heavy atom. The molecule has 2 aromatic rings. The predicted molar refractivity (Wildman–Crippen MR) is 123 cm³/mol. The molecule has 1 aliphatic rings. The van der Waals surface area contributed by atoms with Crippen molar-refractivity contribution >= 4 is 11.8 Å². The normalized spacial score (nSPS) is 15.2. The number of nitrogens with zero attached hydrogens (tertiary/aromatic N) is 4. The zero-order valence-electron chi connectivity index (χ0n) is 19.9. The van der Waals surface area contributed by atoms with Crippen LogP contribution in [0.15, 0.2) is 28.8 Å². The minimum Gasteiger partial charge on any atom is -0.355 e. The summed E-state index contributed by atoms with van der Waals surface area (Å²) < 4.78 is 18.3. The molecule has 1 aromatic carbocycles. The Labute approximate surface area is 194 Å². The zero-order valence-corrected chi connectivity index (χ0v) is 19.9. The van der Waals surface area contributed by atoms with Crippen LogP contribution in [0.3, 0.4) is 0 Å². The van der Waals surface area contributed by atoms with Crippen LogP contribution >= 0.6 is 0 Å². The van der Waals surface area contributed by atoms with Crippen LogP contribution in [-0.4, -0.2) is 72.0 Å². The molecule has 0 radical (unpaired) electrons. The summed E-state index contributed by atoms with van der Waals surface area (Å²) in [4.78, 5) is 33.4. The molecule has 8 nitrogen and oxygen atoms in total. The summed E-state index contributed by atoms with van der Waals surface area (Å²) in [5.41, 5.74) is 0.657. The maximum atomic E-state index is 13.1. The number of aryl methyl sites for hydroxylation is 1. The molecule has 1 N–H and O–H groups in total. The maximum absolute atomic E-state index is 13.1. The van der Waals surface area contributed by atoms with E-state index in [2.05, 4.69) is 34.2 Å². The van der Waals surface area contributed by atoms with Gasteiger partial charge in [-0.15, -0.1) is 0 Å². The van der Waals surface area contributed by atoms with Crippen molar-refractivity contribution in [3.8, 4) is 11.4 Å². The fourth-order valence-corrected chi connectivity index (χ4v) is 4.22. The highest BCUT2D eigenvalue weighted by molar-refractivity contribution is 5.80. The van der Waals surface area contributed by atoms with Gasteiger partial charge in [-0.1, -0.05) is 19.0 Å². The number of aromatic nitrogens is 2. The molecule has 180 valence electrons. The topological polar surface area (TPSA) is 91.6 Å². The van der Waals surface area contributed by atoms with E-state index in [1.54, 1.807) is 17.0 Å². The molecule has 3 rings (SSSR count). The number of nitrogens with one attached hydrogen (secondary N) is 1. The largest absolute Gasteiger partial charge is 0.355 e. The number of carbonyl (C=O) groups excluding carboxylic acids is 2. The van der Waals surface area contributed by atoms with Gasteiger partial charge in [0.25, 0.3) is 0 Å². The molecule has 0 saturated carbocycles. The number of likely N-dealkylation sites (tertiary alicyclic amines) is 1. The molecule has 0 aliphatic carbocycles. The average Bonchev–Trinajstić information content (AvgIpc) is 3.24. The lowest BCUT2D eigenvalue weighted by molar-refractivity contribution is -0.135. The smallest absolute Gasteiger partial charge is 0.227 e. The molecule has 1 aromatic heterocycles. The van der Waals surface area contributed by atoms with Crippen molar-refractivity contribution in [2.45, 2.75) is 39.5 Å². The highest BCUT2D eigenvalue weighted by atomic mass is 19.1. The Balaban J connectivity index is 1.41. The van der Waals surface area contributed by atoms with E-state index < -0.39 is 0 Å². The number of piperidine rings is 1. The summed E-state index contributed by atoms with van der Waals surface area (Å²) >= 11 is 0. The van der Waals surface area contributed by atoms with Gasteiger partial charge in [-0.2, -0.15) is 4.98 Å². The van der Waals surface area contributed by atoms with Gasteiger partial charge < -0.3 is 19.6 Å². The number of halogens is 1. The highest BCUT2D eigenvalue weighted by Crippen LogP contribution is 2.21. The van der Waals surface area contributed by atoms with E-state index >= 15 is 0 Å². The van der Waals surface area contributed by atoms with Gasteiger partial charge >= 0.3 is 0 Å². The second-order valence-electron chi connectivity index (χ2n) is 9.79. The molecule has 33 heavy (non-hydrogen) atoms. The van der Waals surface area contributed by atoms with Crippen LogP contribution in [0.25, 0.3) is 11.4 Å². The minimum absolute atomic E-state index is 0.00113. The van der Waals surface area contributed by atoms with Crippen LogP contribution in [0.2, 0.25) is 0 Å². The highest BCUT2D eigenvalue weighted by Gasteiger charge is 2.28. The lowest BCUT2D eigenvalue weighted by atomic mass is 9.91. The third kappa shape index (κ3) is 7.35. The van der Waals surface area contributed by atoms with Gasteiger partial charge in [0.2, 0.25) is 23.5 Å². The molecular formula is C24H34FN5O3. The summed E-state index contributed by atoms with van der Waals surface area (Å²) in [5, 5.41) is 7.00. The van der Waals surface area contributed by atoms with E-state index in [4.69, 9.17) is 4.52 Å². The zero-order chi connectivity index (χ0) is 24.0. The molecular weight excluding hydrogens is 425 g/mol. The number of amides is 2. The van der Waals surface area contributed by atoms with Crippen molar-refractivity contribution in [3.05, 3.63) is 36.0 Å². The van der Waals surface area contributed by atoms with E-state index in [1.807, 2.05) is 14.1 Å². The summed E-state index contributed by atoms with van der Waals surface area (Å²) in [6, 6.07) is 5.84. The minimum atomic E-state index is -0.331. The first-order chi connectivity index (χ1) is 15.6. The van der Waals surface area contributed by atoms with Crippen molar-refractivity contribution in [2.75, 3.05) is 40.3 Å². The number of hydrogen-bond donors (Lipinski definition) is 1. The molecule has 0 unspecified atom stereocenters. The quantitative estimate of drug-likeness (QED) is 0.620. The molecule has 2 amide bonds. The Morgan fingerprint density at radius 3 is 2.52 bits per heavy atom. The second-order valence-corrected chi connectivity index (χ2v) is 9.79.